The first-order chi connectivity index (χ1) is 35.4. The quantitative estimate of drug-likeness (QED) is 0.0541. The summed E-state index contributed by atoms with van der Waals surface area (Å²) in [6.07, 6.45) is -1.22. The number of rotatable bonds is 14. The number of nitrogens with two attached hydrogens (primary N) is 1. The van der Waals surface area contributed by atoms with Crippen LogP contribution in [0.25, 0.3) is 32.1 Å². The molecule has 0 spiro atoms. The Morgan fingerprint density at radius 1 is 1.05 bits per heavy atom. The minimum atomic E-state index is -5.45. The molecule has 4 atom stereocenters. The van der Waals surface area contributed by atoms with Gasteiger partial charge in [0.05, 0.1) is 27.8 Å². The average Bonchev–Trinajstić information content (AvgIpc) is 4.02. The van der Waals surface area contributed by atoms with Crippen molar-refractivity contribution >= 4 is 55.1 Å². The number of ether oxygens (including phenoxy) is 6. The molecule has 0 saturated carbocycles. The van der Waals surface area contributed by atoms with Crippen LogP contribution in [0.1, 0.15) is 101 Å². The number of nitrogens with zero attached hydrogens (tertiary/aromatic N) is 5. The molecule has 0 aliphatic carbocycles. The number of hydrogen-bond donors (Lipinski definition) is 3. The van der Waals surface area contributed by atoms with E-state index in [2.05, 4.69) is 37.4 Å². The normalized spacial score (nSPS) is 20.9. The molecule has 7 heterocycles. The number of hydrogen-bond acceptors (Lipinski definition) is 15. The van der Waals surface area contributed by atoms with Gasteiger partial charge in [-0.15, -0.1) is 17.3 Å². The van der Waals surface area contributed by atoms with Gasteiger partial charge >= 0.3 is 18.3 Å². The van der Waals surface area contributed by atoms with E-state index in [1.165, 1.54) is 6.20 Å². The molecular formula is C52H56F6N8O7S. The lowest BCUT2D eigenvalue weighted by molar-refractivity contribution is -0.166. The topological polar surface area (TPSA) is 188 Å². The molecule has 4 aliphatic heterocycles. The summed E-state index contributed by atoms with van der Waals surface area (Å²) in [5, 5.41) is 14.9. The van der Waals surface area contributed by atoms with Crippen molar-refractivity contribution in [2.24, 2.45) is 5.92 Å². The Hall–Kier alpha value is -6.17. The van der Waals surface area contributed by atoms with E-state index in [0.717, 1.165) is 44.2 Å². The molecule has 4 saturated heterocycles. The fourth-order valence-electron chi connectivity index (χ4n) is 10.2. The summed E-state index contributed by atoms with van der Waals surface area (Å²) in [5.41, 5.74) is 0.413. The number of carbonyl (C=O) groups excluding carboxylic acids is 1. The van der Waals surface area contributed by atoms with Crippen LogP contribution in [0.4, 0.5) is 47.8 Å². The fourth-order valence-corrected chi connectivity index (χ4v) is 11.2. The van der Waals surface area contributed by atoms with Crippen LogP contribution in [0.5, 0.6) is 11.8 Å². The number of halogens is 6. The predicted molar refractivity (Wildman–Crippen MR) is 264 cm³/mol. The summed E-state index contributed by atoms with van der Waals surface area (Å²) in [5.74, 6) is 2.72. The lowest BCUT2D eigenvalue weighted by atomic mass is 9.91. The van der Waals surface area contributed by atoms with E-state index in [9.17, 15) is 10.1 Å². The highest BCUT2D eigenvalue weighted by Gasteiger charge is 2.50. The van der Waals surface area contributed by atoms with E-state index in [-0.39, 0.29) is 47.6 Å². The van der Waals surface area contributed by atoms with Crippen molar-refractivity contribution in [3.8, 4) is 40.8 Å². The van der Waals surface area contributed by atoms with Gasteiger partial charge in [-0.1, -0.05) is 18.1 Å². The SMILES string of the molecule is CC(C)(C)OC(=O)Nc1sc2c(F)ccc(-c3c(C(F)(F)F)c(OCCOC4CCCCO4)c4c(NC(C#CCC5CCOCC5)c5cccnc5N)nc(OCC56CCCN5C[C@H](F)C6)nc4c3F)c2c1C#N. The maximum Gasteiger partial charge on any atom is 0.420 e. The second-order valence-electron chi connectivity index (χ2n) is 19.8. The summed E-state index contributed by atoms with van der Waals surface area (Å²) in [6, 6.07) is 5.26. The van der Waals surface area contributed by atoms with Crippen LogP contribution in [0.3, 0.4) is 0 Å². The van der Waals surface area contributed by atoms with Crippen LogP contribution >= 0.6 is 11.3 Å². The van der Waals surface area contributed by atoms with Crippen LogP contribution in [0.2, 0.25) is 0 Å². The monoisotopic (exact) mass is 1050 g/mol. The van der Waals surface area contributed by atoms with Gasteiger partial charge < -0.3 is 39.5 Å². The molecule has 1 amide bonds. The molecule has 4 aliphatic rings. The number of nitrogens with one attached hydrogen (secondary N) is 2. The van der Waals surface area contributed by atoms with Gasteiger partial charge in [-0.2, -0.15) is 28.4 Å². The maximum atomic E-state index is 18.4. The van der Waals surface area contributed by atoms with Crippen LogP contribution < -0.4 is 25.8 Å². The molecule has 394 valence electrons. The zero-order valence-corrected chi connectivity index (χ0v) is 41.9. The van der Waals surface area contributed by atoms with Crippen molar-refractivity contribution in [2.75, 3.05) is 69.1 Å². The molecule has 5 aromatic rings. The van der Waals surface area contributed by atoms with E-state index in [1.807, 2.05) is 11.0 Å². The lowest BCUT2D eigenvalue weighted by Gasteiger charge is -2.31. The number of benzene rings is 2. The number of fused-ring (bicyclic) bond motifs is 3. The van der Waals surface area contributed by atoms with Crippen LogP contribution in [0, 0.1) is 40.7 Å². The van der Waals surface area contributed by atoms with Crippen molar-refractivity contribution in [1.82, 2.24) is 19.9 Å². The van der Waals surface area contributed by atoms with Crippen molar-refractivity contribution < 1.29 is 59.6 Å². The van der Waals surface area contributed by atoms with Crippen molar-refractivity contribution in [3.05, 3.63) is 58.8 Å². The first-order valence-corrected chi connectivity index (χ1v) is 25.5. The number of nitriles is 1. The van der Waals surface area contributed by atoms with E-state index in [0.29, 0.717) is 62.5 Å². The second kappa shape index (κ2) is 22.0. The Bertz CT molecular complexity index is 3000. The third kappa shape index (κ3) is 11.4. The van der Waals surface area contributed by atoms with Crippen LogP contribution in [0.15, 0.2) is 30.5 Å². The molecular weight excluding hydrogens is 995 g/mol. The van der Waals surface area contributed by atoms with Gasteiger partial charge in [0.25, 0.3) is 0 Å². The van der Waals surface area contributed by atoms with E-state index in [4.69, 9.17) is 34.2 Å². The third-order valence-electron chi connectivity index (χ3n) is 13.5. The second-order valence-corrected chi connectivity index (χ2v) is 20.8. The van der Waals surface area contributed by atoms with Gasteiger partial charge in [-0.05, 0) is 95.9 Å². The predicted octanol–water partition coefficient (Wildman–Crippen LogP) is 10.9. The highest BCUT2D eigenvalue weighted by atomic mass is 32.1. The molecule has 74 heavy (non-hydrogen) atoms. The van der Waals surface area contributed by atoms with E-state index in [1.54, 1.807) is 32.9 Å². The first kappa shape index (κ1) is 52.7. The molecule has 0 bridgehead atoms. The number of nitrogen functional groups attached to an aromatic ring is 1. The number of anilines is 3. The lowest BCUT2D eigenvalue weighted by Crippen LogP contribution is -2.43. The zero-order chi connectivity index (χ0) is 52.4. The first-order valence-electron chi connectivity index (χ1n) is 24.6. The number of aromatic nitrogens is 3. The van der Waals surface area contributed by atoms with Gasteiger partial charge in [0.15, 0.2) is 12.1 Å². The van der Waals surface area contributed by atoms with E-state index >= 15 is 26.3 Å². The zero-order valence-electron chi connectivity index (χ0n) is 41.1. The Labute approximate surface area is 427 Å². The van der Waals surface area contributed by atoms with Gasteiger partial charge in [-0.25, -0.2) is 22.9 Å². The molecule has 15 nitrogen and oxygen atoms in total. The van der Waals surface area contributed by atoms with Crippen molar-refractivity contribution in [2.45, 2.75) is 114 Å². The van der Waals surface area contributed by atoms with Gasteiger partial charge in [0.2, 0.25) is 0 Å². The van der Waals surface area contributed by atoms with Gasteiger partial charge in [-0.3, -0.25) is 10.2 Å². The molecule has 22 heteroatoms. The molecule has 9 rings (SSSR count). The minimum absolute atomic E-state index is 0.0375. The Morgan fingerprint density at radius 2 is 1.86 bits per heavy atom. The molecule has 2 aromatic carbocycles. The molecule has 0 radical (unpaired) electrons. The molecule has 4 N–H and O–H groups in total. The number of amides is 1. The maximum absolute atomic E-state index is 18.4. The van der Waals surface area contributed by atoms with Crippen LogP contribution in [-0.2, 0) is 25.1 Å². The highest BCUT2D eigenvalue weighted by molar-refractivity contribution is 7.23. The summed E-state index contributed by atoms with van der Waals surface area (Å²) in [7, 11) is 0. The number of pyridine rings is 1. The highest BCUT2D eigenvalue weighted by Crippen LogP contribution is 2.53. The number of carbonyl (C=O) groups is 1. The average molecular weight is 1050 g/mol. The molecule has 3 unspecified atom stereocenters. The van der Waals surface area contributed by atoms with E-state index < -0.39 is 116 Å². The Kier molecular flexibility index (Phi) is 15.6. The van der Waals surface area contributed by atoms with Crippen molar-refractivity contribution in [1.29, 1.82) is 5.26 Å². The van der Waals surface area contributed by atoms with Crippen LogP contribution in [-0.4, -0.2) is 102 Å². The summed E-state index contributed by atoms with van der Waals surface area (Å²) in [6.45, 7) is 6.17. The Morgan fingerprint density at radius 3 is 2.59 bits per heavy atom. The smallest absolute Gasteiger partial charge is 0.420 e. The van der Waals surface area contributed by atoms with Gasteiger partial charge in [0, 0.05) is 61.9 Å². The largest absolute Gasteiger partial charge is 0.490 e. The van der Waals surface area contributed by atoms with Crippen molar-refractivity contribution in [3.63, 3.8) is 0 Å². The Balaban J connectivity index is 1.28. The van der Waals surface area contributed by atoms with Gasteiger partial charge in [0.1, 0.15) is 76.4 Å². The summed E-state index contributed by atoms with van der Waals surface area (Å²) in [4.78, 5) is 28.4. The number of alkyl halides is 4. The summed E-state index contributed by atoms with van der Waals surface area (Å²) >= 11 is 0.554. The molecule has 4 fully saturated rings. The standard InChI is InChI=1S/C52H56F6N8O7S/c1-50(2,3)73-49(67)65-47-33(26-59)37-32(13-14-34(54)44(37)74-47)38-40(52(56,57)58)43(71-24-23-70-36-12-4-5-20-69-36)39-42(41(38)55)63-48(72-28-51-17-8-19-66(51)27-30(53)25-51)64-46(39)62-35(31-10-7-18-61-45(31)60)11-6-9-29-15-21-68-22-16-29/h7,10,13-14,18,29-30,35-36H,4-5,8-9,12,15-17,19-25,27-28H2,1-3H3,(H2,60,61)(H,65,67)(H,62,63,64)/t30-,35?,36?,51?/m1/s1. The summed E-state index contributed by atoms with van der Waals surface area (Å²) < 4.78 is 133. The molecule has 3 aromatic heterocycles. The number of thiophene rings is 1. The third-order valence-corrected chi connectivity index (χ3v) is 14.6. The minimum Gasteiger partial charge on any atom is -0.490 e. The fraction of sp³-hybridized carbons (Fsp3) is 0.519.